The maximum Gasteiger partial charge on any atom is 0.215 e. The van der Waals surface area contributed by atoms with Gasteiger partial charge in [-0.15, -0.1) is 0 Å². The second-order valence-corrected chi connectivity index (χ2v) is 7.15. The van der Waals surface area contributed by atoms with Crippen molar-refractivity contribution >= 4 is 21.8 Å². The van der Waals surface area contributed by atoms with Crippen LogP contribution < -0.4 is 5.32 Å². The predicted molar refractivity (Wildman–Crippen MR) is 70.4 cm³/mol. The van der Waals surface area contributed by atoms with E-state index in [9.17, 15) is 8.42 Å². The largest absolute Gasteiger partial charge is 0.312 e. The van der Waals surface area contributed by atoms with Crippen molar-refractivity contribution in [1.29, 1.82) is 0 Å². The van der Waals surface area contributed by atoms with Crippen molar-refractivity contribution in [1.82, 2.24) is 9.62 Å². The van der Waals surface area contributed by atoms with E-state index in [1.807, 2.05) is 25.6 Å². The van der Waals surface area contributed by atoms with Crippen LogP contribution in [0.25, 0.3) is 0 Å². The molecule has 1 unspecified atom stereocenters. The zero-order valence-corrected chi connectivity index (χ0v) is 11.7. The molecule has 0 saturated carbocycles. The van der Waals surface area contributed by atoms with E-state index >= 15 is 0 Å². The molecule has 1 fully saturated rings. The number of nitrogens with zero attached hydrogens (tertiary/aromatic N) is 1. The quantitative estimate of drug-likeness (QED) is 0.739. The van der Waals surface area contributed by atoms with Gasteiger partial charge in [0.25, 0.3) is 0 Å². The van der Waals surface area contributed by atoms with Crippen molar-refractivity contribution in [3.05, 3.63) is 0 Å². The zero-order valence-electron chi connectivity index (χ0n) is 10.1. The number of nitrogens with one attached hydrogen (secondary N) is 1. The summed E-state index contributed by atoms with van der Waals surface area (Å²) in [6.07, 6.45) is 1.16. The molecule has 6 heteroatoms. The fourth-order valence-corrected chi connectivity index (χ4v) is 4.44. The van der Waals surface area contributed by atoms with Gasteiger partial charge in [0.05, 0.1) is 5.75 Å². The lowest BCUT2D eigenvalue weighted by Crippen LogP contribution is -2.38. The number of hydrogen-bond acceptors (Lipinski definition) is 4. The Morgan fingerprint density at radius 1 is 1.38 bits per heavy atom. The highest BCUT2D eigenvalue weighted by Crippen LogP contribution is 2.16. The van der Waals surface area contributed by atoms with Gasteiger partial charge in [0.1, 0.15) is 0 Å². The number of rotatable bonds is 7. The fourth-order valence-electron chi connectivity index (χ4n) is 1.83. The van der Waals surface area contributed by atoms with Crippen LogP contribution in [-0.4, -0.2) is 55.7 Å². The first kappa shape index (κ1) is 14.3. The normalized spacial score (nSPS) is 21.8. The van der Waals surface area contributed by atoms with Crippen molar-refractivity contribution in [3.63, 3.8) is 0 Å². The highest BCUT2D eigenvalue weighted by Gasteiger charge is 2.20. The van der Waals surface area contributed by atoms with Crippen LogP contribution in [-0.2, 0) is 10.0 Å². The first-order valence-corrected chi connectivity index (χ1v) is 8.65. The standard InChI is InChI=1S/C10H22N2O2S2/c1-3-12(4-2)16(13,14)8-6-11-10-5-7-15-9-10/h10-11H,3-9H2,1-2H3. The molecule has 16 heavy (non-hydrogen) atoms. The Morgan fingerprint density at radius 2 is 2.06 bits per heavy atom. The van der Waals surface area contributed by atoms with Gasteiger partial charge in [-0.3, -0.25) is 0 Å². The number of sulfonamides is 1. The number of thioether (sulfide) groups is 1. The number of hydrogen-bond donors (Lipinski definition) is 1. The molecule has 0 amide bonds. The van der Waals surface area contributed by atoms with E-state index in [0.717, 1.165) is 12.2 Å². The molecule has 0 aromatic carbocycles. The fraction of sp³-hybridized carbons (Fsp3) is 1.00. The van der Waals surface area contributed by atoms with Gasteiger partial charge in [0.15, 0.2) is 0 Å². The van der Waals surface area contributed by atoms with Gasteiger partial charge in [-0.1, -0.05) is 13.8 Å². The Labute approximate surface area is 103 Å². The van der Waals surface area contributed by atoms with Gasteiger partial charge < -0.3 is 5.32 Å². The zero-order chi connectivity index (χ0) is 12.0. The third kappa shape index (κ3) is 4.24. The summed E-state index contributed by atoms with van der Waals surface area (Å²) < 4.78 is 25.2. The SMILES string of the molecule is CCN(CC)S(=O)(=O)CCNC1CCSC1. The molecule has 1 atom stereocenters. The molecule has 1 N–H and O–H groups in total. The highest BCUT2D eigenvalue weighted by atomic mass is 32.2. The molecule has 1 aliphatic heterocycles. The van der Waals surface area contributed by atoms with Crippen LogP contribution in [0.15, 0.2) is 0 Å². The van der Waals surface area contributed by atoms with E-state index < -0.39 is 10.0 Å². The molecule has 0 bridgehead atoms. The summed E-state index contributed by atoms with van der Waals surface area (Å²) in [5, 5.41) is 3.31. The van der Waals surface area contributed by atoms with Gasteiger partial charge in [0, 0.05) is 31.4 Å². The van der Waals surface area contributed by atoms with Crippen LogP contribution in [0.3, 0.4) is 0 Å². The second kappa shape index (κ2) is 6.83. The van der Waals surface area contributed by atoms with Crippen LogP contribution in [0.2, 0.25) is 0 Å². The van der Waals surface area contributed by atoms with Crippen LogP contribution >= 0.6 is 11.8 Å². The van der Waals surface area contributed by atoms with Crippen LogP contribution in [0.1, 0.15) is 20.3 Å². The minimum Gasteiger partial charge on any atom is -0.312 e. The third-order valence-electron chi connectivity index (χ3n) is 2.82. The van der Waals surface area contributed by atoms with Crippen LogP contribution in [0.5, 0.6) is 0 Å². The van der Waals surface area contributed by atoms with E-state index in [0.29, 0.717) is 25.7 Å². The van der Waals surface area contributed by atoms with Gasteiger partial charge >= 0.3 is 0 Å². The smallest absolute Gasteiger partial charge is 0.215 e. The average Bonchev–Trinajstić information content (AvgIpc) is 2.71. The van der Waals surface area contributed by atoms with E-state index in [1.165, 1.54) is 10.1 Å². The molecule has 1 rings (SSSR count). The van der Waals surface area contributed by atoms with Crippen molar-refractivity contribution in [2.45, 2.75) is 26.3 Å². The van der Waals surface area contributed by atoms with Crippen molar-refractivity contribution in [2.75, 3.05) is 36.9 Å². The second-order valence-electron chi connectivity index (χ2n) is 3.91. The molecule has 0 aromatic rings. The molecule has 1 heterocycles. The average molecular weight is 266 g/mol. The molecular formula is C10H22N2O2S2. The van der Waals surface area contributed by atoms with E-state index in [-0.39, 0.29) is 5.75 Å². The lowest BCUT2D eigenvalue weighted by molar-refractivity contribution is 0.442. The first-order chi connectivity index (χ1) is 7.60. The molecule has 0 spiro atoms. The summed E-state index contributed by atoms with van der Waals surface area (Å²) in [6, 6.07) is 0.511. The maximum absolute atomic E-state index is 11.8. The Hall–Kier alpha value is 0.220. The molecule has 1 saturated heterocycles. The molecule has 0 aromatic heterocycles. The minimum absolute atomic E-state index is 0.218. The maximum atomic E-state index is 11.8. The van der Waals surface area contributed by atoms with E-state index in [4.69, 9.17) is 0 Å². The summed E-state index contributed by atoms with van der Waals surface area (Å²) in [4.78, 5) is 0. The van der Waals surface area contributed by atoms with E-state index in [2.05, 4.69) is 5.32 Å². The van der Waals surface area contributed by atoms with Gasteiger partial charge in [-0.25, -0.2) is 12.7 Å². The molecule has 4 nitrogen and oxygen atoms in total. The highest BCUT2D eigenvalue weighted by molar-refractivity contribution is 7.99. The summed E-state index contributed by atoms with van der Waals surface area (Å²) >= 11 is 1.93. The topological polar surface area (TPSA) is 49.4 Å². The van der Waals surface area contributed by atoms with Gasteiger partial charge in [-0.05, 0) is 12.2 Å². The van der Waals surface area contributed by atoms with Crippen molar-refractivity contribution in [3.8, 4) is 0 Å². The lowest BCUT2D eigenvalue weighted by Gasteiger charge is -2.19. The van der Waals surface area contributed by atoms with Crippen molar-refractivity contribution < 1.29 is 8.42 Å². The monoisotopic (exact) mass is 266 g/mol. The molecular weight excluding hydrogens is 244 g/mol. The Morgan fingerprint density at radius 3 is 2.56 bits per heavy atom. The van der Waals surface area contributed by atoms with E-state index in [1.54, 1.807) is 0 Å². The van der Waals surface area contributed by atoms with Crippen LogP contribution in [0, 0.1) is 0 Å². The summed E-state index contributed by atoms with van der Waals surface area (Å²) in [5.41, 5.74) is 0. The van der Waals surface area contributed by atoms with Crippen LogP contribution in [0.4, 0.5) is 0 Å². The summed E-state index contributed by atoms with van der Waals surface area (Å²) in [7, 11) is -3.05. The minimum atomic E-state index is -3.05. The van der Waals surface area contributed by atoms with Crippen molar-refractivity contribution in [2.24, 2.45) is 0 Å². The third-order valence-corrected chi connectivity index (χ3v) is 6.01. The lowest BCUT2D eigenvalue weighted by atomic mass is 10.3. The Balaban J connectivity index is 2.29. The summed E-state index contributed by atoms with van der Waals surface area (Å²) in [6.45, 7) is 5.46. The first-order valence-electron chi connectivity index (χ1n) is 5.89. The predicted octanol–water partition coefficient (Wildman–Crippen LogP) is 0.753. The van der Waals surface area contributed by atoms with Gasteiger partial charge in [0.2, 0.25) is 10.0 Å². The van der Waals surface area contributed by atoms with Gasteiger partial charge in [-0.2, -0.15) is 11.8 Å². The molecule has 0 aliphatic carbocycles. The summed E-state index contributed by atoms with van der Waals surface area (Å²) in [5.74, 6) is 2.53. The molecule has 1 aliphatic rings. The Kier molecular flexibility index (Phi) is 6.10. The molecule has 0 radical (unpaired) electrons. The Bertz CT molecular complexity index is 283. The molecule has 96 valence electrons.